The lowest BCUT2D eigenvalue weighted by atomic mass is 10.1. The average molecular weight is 320 g/mol. The number of nitrogens with one attached hydrogen (secondary N) is 1. The van der Waals surface area contributed by atoms with Crippen molar-refractivity contribution in [2.45, 2.75) is 18.9 Å². The number of nitrogens with zero attached hydrogens (tertiary/aromatic N) is 1. The lowest BCUT2D eigenvalue weighted by Gasteiger charge is -2.16. The zero-order valence-electron chi connectivity index (χ0n) is 7.93. The highest BCUT2D eigenvalue weighted by molar-refractivity contribution is 9.11. The molecule has 1 heterocycles. The van der Waals surface area contributed by atoms with Gasteiger partial charge >= 0.3 is 0 Å². The van der Waals surface area contributed by atoms with Crippen LogP contribution >= 0.6 is 31.9 Å². The Morgan fingerprint density at radius 2 is 2.21 bits per heavy atom. The van der Waals surface area contributed by atoms with Crippen molar-refractivity contribution in [3.05, 3.63) is 26.9 Å². The number of aromatic nitrogens is 1. The molecule has 0 saturated heterocycles. The van der Waals surface area contributed by atoms with Gasteiger partial charge in [0.2, 0.25) is 0 Å². The van der Waals surface area contributed by atoms with Crippen LogP contribution in [0.2, 0.25) is 0 Å². The van der Waals surface area contributed by atoms with Crippen molar-refractivity contribution < 1.29 is 0 Å². The van der Waals surface area contributed by atoms with Crippen LogP contribution in [0, 0.1) is 5.92 Å². The van der Waals surface area contributed by atoms with Gasteiger partial charge in [-0.15, -0.1) is 0 Å². The summed E-state index contributed by atoms with van der Waals surface area (Å²) in [6, 6.07) is 2.45. The lowest BCUT2D eigenvalue weighted by molar-refractivity contribution is 0.513. The maximum atomic E-state index is 4.45. The SMILES string of the molecule is CNC(c1ncc(Br)cc1Br)C1CC1. The topological polar surface area (TPSA) is 24.9 Å². The summed E-state index contributed by atoms with van der Waals surface area (Å²) in [5, 5.41) is 3.33. The second-order valence-electron chi connectivity index (χ2n) is 3.62. The van der Waals surface area contributed by atoms with Gasteiger partial charge < -0.3 is 5.32 Å². The van der Waals surface area contributed by atoms with Crippen LogP contribution in [-0.4, -0.2) is 12.0 Å². The van der Waals surface area contributed by atoms with Crippen molar-refractivity contribution in [2.75, 3.05) is 7.05 Å². The summed E-state index contributed by atoms with van der Waals surface area (Å²) in [5.41, 5.74) is 1.12. The third-order valence-corrected chi connectivity index (χ3v) is 3.60. The minimum Gasteiger partial charge on any atom is -0.311 e. The molecule has 4 heteroatoms. The molecule has 1 atom stereocenters. The second kappa shape index (κ2) is 4.29. The predicted molar refractivity (Wildman–Crippen MR) is 64.2 cm³/mol. The van der Waals surface area contributed by atoms with E-state index in [2.05, 4.69) is 48.2 Å². The Morgan fingerprint density at radius 1 is 1.50 bits per heavy atom. The Bertz CT molecular complexity index is 337. The van der Waals surface area contributed by atoms with Gasteiger partial charge in [0.15, 0.2) is 0 Å². The van der Waals surface area contributed by atoms with E-state index < -0.39 is 0 Å². The lowest BCUT2D eigenvalue weighted by Crippen LogP contribution is -2.19. The maximum absolute atomic E-state index is 4.45. The van der Waals surface area contributed by atoms with Crippen LogP contribution in [0.15, 0.2) is 21.2 Å². The molecule has 2 rings (SSSR count). The van der Waals surface area contributed by atoms with Crippen molar-refractivity contribution in [1.82, 2.24) is 10.3 Å². The van der Waals surface area contributed by atoms with Crippen LogP contribution in [-0.2, 0) is 0 Å². The molecule has 1 N–H and O–H groups in total. The Balaban J connectivity index is 2.29. The Labute approximate surface area is 101 Å². The van der Waals surface area contributed by atoms with Crippen molar-refractivity contribution in [3.63, 3.8) is 0 Å². The molecule has 0 spiro atoms. The Morgan fingerprint density at radius 3 is 2.71 bits per heavy atom. The van der Waals surface area contributed by atoms with Gasteiger partial charge in [0.05, 0.1) is 11.7 Å². The van der Waals surface area contributed by atoms with E-state index in [1.807, 2.05) is 13.2 Å². The summed E-state index contributed by atoms with van der Waals surface area (Å²) in [6.45, 7) is 0. The highest BCUT2D eigenvalue weighted by Gasteiger charge is 2.33. The molecule has 0 bridgehead atoms. The van der Waals surface area contributed by atoms with Gasteiger partial charge in [-0.1, -0.05) is 0 Å². The summed E-state index contributed by atoms with van der Waals surface area (Å²) in [4.78, 5) is 4.45. The molecule has 1 saturated carbocycles. The first-order valence-corrected chi connectivity index (χ1v) is 6.29. The number of hydrogen-bond acceptors (Lipinski definition) is 2. The predicted octanol–water partition coefficient (Wildman–Crippen LogP) is 3.28. The maximum Gasteiger partial charge on any atom is 0.0718 e. The second-order valence-corrected chi connectivity index (χ2v) is 5.39. The van der Waals surface area contributed by atoms with Gasteiger partial charge in [-0.05, 0) is 63.7 Å². The molecule has 1 fully saturated rings. The summed E-state index contributed by atoms with van der Waals surface area (Å²) in [6.07, 6.45) is 4.48. The molecule has 1 aliphatic rings. The molecular formula is C10H12Br2N2. The normalized spacial score (nSPS) is 18.2. The van der Waals surface area contributed by atoms with E-state index in [9.17, 15) is 0 Å². The Kier molecular flexibility index (Phi) is 3.24. The monoisotopic (exact) mass is 318 g/mol. The summed E-state index contributed by atoms with van der Waals surface area (Å²) in [7, 11) is 2.00. The van der Waals surface area contributed by atoms with Gasteiger partial charge in [0.25, 0.3) is 0 Å². The first kappa shape index (κ1) is 10.6. The largest absolute Gasteiger partial charge is 0.311 e. The molecule has 0 radical (unpaired) electrons. The van der Waals surface area contributed by atoms with E-state index in [0.29, 0.717) is 6.04 Å². The number of rotatable bonds is 3. The Hall–Kier alpha value is 0.0700. The van der Waals surface area contributed by atoms with E-state index in [1.165, 1.54) is 12.8 Å². The average Bonchev–Trinajstić information content (AvgIpc) is 2.93. The standard InChI is InChI=1S/C10H12Br2N2/c1-13-9(6-2-3-6)10-8(12)4-7(11)5-14-10/h4-6,9,13H,2-3H2,1H3. The molecule has 0 aromatic carbocycles. The van der Waals surface area contributed by atoms with E-state index >= 15 is 0 Å². The molecule has 1 aromatic heterocycles. The minimum atomic E-state index is 0.400. The van der Waals surface area contributed by atoms with E-state index in [1.54, 1.807) is 0 Å². The highest BCUT2D eigenvalue weighted by Crippen LogP contribution is 2.42. The number of halogens is 2. The minimum absolute atomic E-state index is 0.400. The first-order valence-electron chi connectivity index (χ1n) is 4.70. The molecule has 0 amide bonds. The fraction of sp³-hybridized carbons (Fsp3) is 0.500. The first-order chi connectivity index (χ1) is 6.72. The van der Waals surface area contributed by atoms with Gasteiger partial charge in [-0.2, -0.15) is 0 Å². The summed E-state index contributed by atoms with van der Waals surface area (Å²) in [5.74, 6) is 0.768. The van der Waals surface area contributed by atoms with E-state index in [4.69, 9.17) is 0 Å². The highest BCUT2D eigenvalue weighted by atomic mass is 79.9. The molecule has 1 aliphatic carbocycles. The van der Waals surface area contributed by atoms with Crippen molar-refractivity contribution >= 4 is 31.9 Å². The molecule has 1 unspecified atom stereocenters. The third-order valence-electron chi connectivity index (χ3n) is 2.54. The van der Waals surface area contributed by atoms with Crippen LogP contribution < -0.4 is 5.32 Å². The van der Waals surface area contributed by atoms with E-state index in [-0.39, 0.29) is 0 Å². The molecular weight excluding hydrogens is 308 g/mol. The molecule has 14 heavy (non-hydrogen) atoms. The smallest absolute Gasteiger partial charge is 0.0718 e. The fourth-order valence-corrected chi connectivity index (χ4v) is 2.91. The van der Waals surface area contributed by atoms with Gasteiger partial charge in [0.1, 0.15) is 0 Å². The zero-order valence-corrected chi connectivity index (χ0v) is 11.1. The van der Waals surface area contributed by atoms with E-state index in [0.717, 1.165) is 20.6 Å². The fourth-order valence-electron chi connectivity index (χ4n) is 1.68. The van der Waals surface area contributed by atoms with Crippen molar-refractivity contribution in [2.24, 2.45) is 5.92 Å². The summed E-state index contributed by atoms with van der Waals surface area (Å²) < 4.78 is 2.09. The molecule has 0 aliphatic heterocycles. The van der Waals surface area contributed by atoms with Crippen LogP contribution in [0.1, 0.15) is 24.6 Å². The van der Waals surface area contributed by atoms with Crippen LogP contribution in [0.25, 0.3) is 0 Å². The van der Waals surface area contributed by atoms with Crippen LogP contribution in [0.5, 0.6) is 0 Å². The molecule has 76 valence electrons. The quantitative estimate of drug-likeness (QED) is 0.925. The third kappa shape index (κ3) is 2.18. The van der Waals surface area contributed by atoms with Gasteiger partial charge in [-0.3, -0.25) is 4.98 Å². The molecule has 1 aromatic rings. The number of hydrogen-bond donors (Lipinski definition) is 1. The van der Waals surface area contributed by atoms with Crippen molar-refractivity contribution in [1.29, 1.82) is 0 Å². The number of pyridine rings is 1. The van der Waals surface area contributed by atoms with Crippen LogP contribution in [0.3, 0.4) is 0 Å². The van der Waals surface area contributed by atoms with Gasteiger partial charge in [-0.25, -0.2) is 0 Å². The van der Waals surface area contributed by atoms with Gasteiger partial charge in [0, 0.05) is 15.1 Å². The summed E-state index contributed by atoms with van der Waals surface area (Å²) >= 11 is 6.96. The van der Waals surface area contributed by atoms with Crippen LogP contribution in [0.4, 0.5) is 0 Å². The zero-order chi connectivity index (χ0) is 10.1. The van der Waals surface area contributed by atoms with Crippen molar-refractivity contribution in [3.8, 4) is 0 Å². The molecule has 2 nitrogen and oxygen atoms in total.